The van der Waals surface area contributed by atoms with Crippen molar-refractivity contribution in [3.05, 3.63) is 97.2 Å². The maximum atomic E-state index is 12.1. The third kappa shape index (κ3) is 76.4. The third-order valence-electron chi connectivity index (χ3n) is 16.3. The van der Waals surface area contributed by atoms with Gasteiger partial charge in [0.2, 0.25) is 0 Å². The van der Waals surface area contributed by atoms with Gasteiger partial charge in [-0.2, -0.15) is 0 Å². The summed E-state index contributed by atoms with van der Waals surface area (Å²) < 4.78 is 21.1. The highest BCUT2D eigenvalue weighted by atomic mass is 16.6. The fraction of sp³-hybridized carbons (Fsp3) is 0.756. The summed E-state index contributed by atoms with van der Waals surface area (Å²) in [6, 6.07) is 0. The van der Waals surface area contributed by atoms with Crippen molar-refractivity contribution in [1.29, 1.82) is 0 Å². The van der Waals surface area contributed by atoms with Gasteiger partial charge in [-0.05, 0) is 103 Å². The molecule has 0 aromatic carbocycles. The van der Waals surface area contributed by atoms with E-state index in [0.29, 0.717) is 25.7 Å². The predicted octanol–water partition coefficient (Wildman–Crippen LogP) is 23.7. The highest BCUT2D eigenvalue weighted by Gasteiger charge is 2.17. The second-order valence-electron chi connectivity index (χ2n) is 25.3. The van der Waals surface area contributed by atoms with Crippen molar-refractivity contribution < 1.29 is 48.3 Å². The molecule has 0 amide bonds. The average Bonchev–Trinajstić information content (AvgIpc) is 3.78. The summed E-state index contributed by atoms with van der Waals surface area (Å²) >= 11 is 0. The van der Waals surface area contributed by atoms with Crippen LogP contribution in [-0.4, -0.2) is 72.7 Å². The lowest BCUT2D eigenvalue weighted by Crippen LogP contribution is -2.28. The van der Waals surface area contributed by atoms with E-state index in [0.717, 1.165) is 89.9 Å². The minimum atomic E-state index is -0.797. The summed E-state index contributed by atoms with van der Waals surface area (Å²) in [5.74, 6) is -1.31. The van der Waals surface area contributed by atoms with E-state index in [4.69, 9.17) is 18.9 Å². The molecule has 0 aliphatic carbocycles. The molecule has 532 valence electrons. The number of unbranched alkanes of at least 4 members (excludes halogenated alkanes) is 36. The van der Waals surface area contributed by atoms with Gasteiger partial charge in [0.15, 0.2) is 12.2 Å². The van der Waals surface area contributed by atoms with Gasteiger partial charge in [-0.15, -0.1) is 0 Å². The van der Waals surface area contributed by atoms with Crippen LogP contribution < -0.4 is 0 Å². The predicted molar refractivity (Wildman–Crippen MR) is 392 cm³/mol. The number of hydrogen-bond donors (Lipinski definition) is 2. The summed E-state index contributed by atoms with van der Waals surface area (Å²) in [5, 5.41) is 19.1. The molecule has 2 N–H and O–H groups in total. The van der Waals surface area contributed by atoms with Gasteiger partial charge in [-0.1, -0.05) is 330 Å². The minimum Gasteiger partial charge on any atom is -0.462 e. The Morgan fingerprint density at radius 2 is 0.446 bits per heavy atom. The smallest absolute Gasteiger partial charge is 0.306 e. The summed E-state index contributed by atoms with van der Waals surface area (Å²) in [7, 11) is 0. The number of hydrogen-bond acceptors (Lipinski definition) is 10. The monoisotopic (exact) mass is 1290 g/mol. The molecule has 0 heterocycles. The average molecular weight is 1290 g/mol. The van der Waals surface area contributed by atoms with Crippen LogP contribution in [0.2, 0.25) is 0 Å². The largest absolute Gasteiger partial charge is 0.462 e. The van der Waals surface area contributed by atoms with E-state index in [9.17, 15) is 29.4 Å². The SMILES string of the molecule is CCCCCC=CCC=CCC=CCC=CCCCC(=O)O[C@@H](CO)COC(=O)CCCCCCCCCCCCCCCCC.CCCCCC=CCC=CCC=CCC=CCCCC(=O)O[C@@H](CO)COC(=O)CCCCCCCCCCCCCCCCC. The van der Waals surface area contributed by atoms with Crippen LogP contribution in [0.25, 0.3) is 0 Å². The lowest BCUT2D eigenvalue weighted by atomic mass is 10.0. The van der Waals surface area contributed by atoms with Crippen molar-refractivity contribution in [3.63, 3.8) is 0 Å². The summed E-state index contributed by atoms with van der Waals surface area (Å²) in [6.07, 6.45) is 92.0. The number of aliphatic hydroxyl groups excluding tert-OH is 2. The highest BCUT2D eigenvalue weighted by Crippen LogP contribution is 2.17. The standard InChI is InChI=1S/2C41H72O5/c2*1-3-5-7-9-11-13-15-17-19-20-22-24-26-28-30-32-34-36-41(44)46-39(37-42)38-45-40(43)35-33-31-29-27-25-23-21-18-16-14-12-10-8-6-4-2/h2*11,13,17,19,22,24,28,30,39,42H,3-10,12,14-16,18,20-21,23,25-27,29,31-38H2,1-2H3/t2*39-/m00/s1. The molecule has 0 aromatic rings. The van der Waals surface area contributed by atoms with E-state index >= 15 is 0 Å². The van der Waals surface area contributed by atoms with Crippen LogP contribution >= 0.6 is 0 Å². The molecule has 0 spiro atoms. The molecule has 0 radical (unpaired) electrons. The van der Waals surface area contributed by atoms with Crippen molar-refractivity contribution >= 4 is 23.9 Å². The van der Waals surface area contributed by atoms with Crippen molar-refractivity contribution in [2.45, 2.75) is 374 Å². The highest BCUT2D eigenvalue weighted by molar-refractivity contribution is 5.71. The van der Waals surface area contributed by atoms with Crippen molar-refractivity contribution in [1.82, 2.24) is 0 Å². The molecular formula is C82H144O10. The van der Waals surface area contributed by atoms with Crippen molar-refractivity contribution in [2.75, 3.05) is 26.4 Å². The summed E-state index contributed by atoms with van der Waals surface area (Å²) in [4.78, 5) is 48.4. The first-order valence-corrected chi connectivity index (χ1v) is 38.4. The van der Waals surface area contributed by atoms with Gasteiger partial charge < -0.3 is 29.2 Å². The van der Waals surface area contributed by atoms with Crippen LogP contribution in [0.1, 0.15) is 362 Å². The Bertz CT molecular complexity index is 1690. The number of carbonyl (C=O) groups is 4. The number of rotatable bonds is 68. The third-order valence-corrected chi connectivity index (χ3v) is 16.3. The number of ether oxygens (including phenoxy) is 4. The Balaban J connectivity index is 0. The van der Waals surface area contributed by atoms with E-state index < -0.39 is 12.2 Å². The first-order chi connectivity index (χ1) is 45.3. The van der Waals surface area contributed by atoms with Gasteiger partial charge in [0.05, 0.1) is 13.2 Å². The lowest BCUT2D eigenvalue weighted by molar-refractivity contribution is -0.161. The first-order valence-electron chi connectivity index (χ1n) is 38.4. The molecule has 0 unspecified atom stereocenters. The molecule has 10 heteroatoms. The molecule has 0 aromatic heterocycles. The van der Waals surface area contributed by atoms with Gasteiger partial charge in [0.25, 0.3) is 0 Å². The number of allylic oxidation sites excluding steroid dienone is 16. The molecular weight excluding hydrogens is 1140 g/mol. The number of aliphatic hydroxyl groups is 2. The van der Waals surface area contributed by atoms with Crippen LogP contribution in [0.5, 0.6) is 0 Å². The second kappa shape index (κ2) is 79.2. The molecule has 92 heavy (non-hydrogen) atoms. The van der Waals surface area contributed by atoms with Gasteiger partial charge in [-0.3, -0.25) is 19.2 Å². The normalized spacial score (nSPS) is 12.7. The molecule has 0 rings (SSSR count). The zero-order valence-corrected chi connectivity index (χ0v) is 60.2. The molecule has 0 aliphatic rings. The Kier molecular flexibility index (Phi) is 77.2. The van der Waals surface area contributed by atoms with E-state index in [1.807, 2.05) is 0 Å². The van der Waals surface area contributed by atoms with Crippen LogP contribution in [0, 0.1) is 0 Å². The zero-order valence-electron chi connectivity index (χ0n) is 60.2. The minimum absolute atomic E-state index is 0.0863. The fourth-order valence-corrected chi connectivity index (χ4v) is 10.4. The fourth-order valence-electron chi connectivity index (χ4n) is 10.4. The molecule has 0 fully saturated rings. The van der Waals surface area contributed by atoms with E-state index in [1.54, 1.807) is 0 Å². The Hall–Kier alpha value is -4.28. The van der Waals surface area contributed by atoms with Gasteiger partial charge in [0.1, 0.15) is 13.2 Å². The molecule has 0 saturated carbocycles. The number of esters is 4. The molecule has 0 saturated heterocycles. The van der Waals surface area contributed by atoms with Crippen LogP contribution in [0.4, 0.5) is 0 Å². The van der Waals surface area contributed by atoms with E-state index in [2.05, 4.69) is 125 Å². The summed E-state index contributed by atoms with van der Waals surface area (Å²) in [6.45, 7) is 8.12. The molecule has 2 atom stereocenters. The van der Waals surface area contributed by atoms with E-state index in [-0.39, 0.29) is 63.1 Å². The van der Waals surface area contributed by atoms with Crippen LogP contribution in [0.15, 0.2) is 97.2 Å². The molecule has 10 nitrogen and oxygen atoms in total. The second-order valence-corrected chi connectivity index (χ2v) is 25.3. The van der Waals surface area contributed by atoms with Crippen LogP contribution in [0.3, 0.4) is 0 Å². The Morgan fingerprint density at radius 1 is 0.250 bits per heavy atom. The molecule has 0 bridgehead atoms. The molecule has 0 aliphatic heterocycles. The topological polar surface area (TPSA) is 146 Å². The van der Waals surface area contributed by atoms with Crippen molar-refractivity contribution in [2.24, 2.45) is 0 Å². The quantitative estimate of drug-likeness (QED) is 0.0261. The van der Waals surface area contributed by atoms with Gasteiger partial charge in [-0.25, -0.2) is 0 Å². The van der Waals surface area contributed by atoms with Crippen LogP contribution in [-0.2, 0) is 38.1 Å². The zero-order chi connectivity index (χ0) is 67.2. The maximum absolute atomic E-state index is 12.1. The van der Waals surface area contributed by atoms with Gasteiger partial charge >= 0.3 is 23.9 Å². The van der Waals surface area contributed by atoms with Crippen molar-refractivity contribution in [3.8, 4) is 0 Å². The summed E-state index contributed by atoms with van der Waals surface area (Å²) in [5.41, 5.74) is 0. The maximum Gasteiger partial charge on any atom is 0.306 e. The van der Waals surface area contributed by atoms with Gasteiger partial charge in [0, 0.05) is 25.7 Å². The van der Waals surface area contributed by atoms with E-state index in [1.165, 1.54) is 205 Å². The number of carbonyl (C=O) groups excluding carboxylic acids is 4. The first kappa shape index (κ1) is 89.8. The Labute approximate surface area is 566 Å². The lowest BCUT2D eigenvalue weighted by Gasteiger charge is -2.15. The Morgan fingerprint density at radius 3 is 0.685 bits per heavy atom.